The number of rotatable bonds is 6. The first-order valence-electron chi connectivity index (χ1n) is 7.36. The highest BCUT2D eigenvalue weighted by atomic mass is 16.2. The Morgan fingerprint density at radius 2 is 1.90 bits per heavy atom. The number of benzene rings is 1. The molecule has 0 atom stereocenters. The van der Waals surface area contributed by atoms with Gasteiger partial charge < -0.3 is 10.2 Å². The Kier molecular flexibility index (Phi) is 4.78. The molecular formula is C17H22N2O2. The molecule has 4 nitrogen and oxygen atoms in total. The summed E-state index contributed by atoms with van der Waals surface area (Å²) in [7, 11) is 0. The van der Waals surface area contributed by atoms with E-state index in [1.54, 1.807) is 29.2 Å². The van der Waals surface area contributed by atoms with Gasteiger partial charge >= 0.3 is 0 Å². The summed E-state index contributed by atoms with van der Waals surface area (Å²) in [5, 5.41) is 2.87. The minimum absolute atomic E-state index is 0.0134. The molecule has 21 heavy (non-hydrogen) atoms. The Hall–Kier alpha value is -2.10. The van der Waals surface area contributed by atoms with Gasteiger partial charge in [0.25, 0.3) is 5.91 Å². The van der Waals surface area contributed by atoms with E-state index in [0.29, 0.717) is 18.7 Å². The third kappa shape index (κ3) is 4.18. The summed E-state index contributed by atoms with van der Waals surface area (Å²) in [4.78, 5) is 25.8. The quantitative estimate of drug-likeness (QED) is 0.817. The number of likely N-dealkylation sites (N-methyl/N-ethyl adjacent to an activating group) is 1. The van der Waals surface area contributed by atoms with Crippen LogP contribution in [0.5, 0.6) is 0 Å². The van der Waals surface area contributed by atoms with Crippen LogP contribution in [0.4, 0.5) is 5.69 Å². The van der Waals surface area contributed by atoms with Gasteiger partial charge in [-0.1, -0.05) is 12.2 Å². The molecular weight excluding hydrogens is 264 g/mol. The molecule has 0 unspecified atom stereocenters. The van der Waals surface area contributed by atoms with E-state index < -0.39 is 0 Å². The molecule has 112 valence electrons. The van der Waals surface area contributed by atoms with Crippen molar-refractivity contribution in [2.75, 3.05) is 18.4 Å². The second-order valence-electron chi connectivity index (χ2n) is 5.62. The molecule has 0 aromatic heterocycles. The smallest absolute Gasteiger partial charge is 0.254 e. The Balaban J connectivity index is 2.01. The molecule has 0 aliphatic heterocycles. The first-order chi connectivity index (χ1) is 10.0. The fraction of sp³-hybridized carbons (Fsp3) is 0.412. The molecule has 2 rings (SSSR count). The van der Waals surface area contributed by atoms with Crippen molar-refractivity contribution in [3.05, 3.63) is 42.0 Å². The molecule has 0 heterocycles. The average molecular weight is 286 g/mol. The number of nitrogens with one attached hydrogen (secondary N) is 1. The Labute approximate surface area is 125 Å². The molecule has 0 radical (unpaired) electrons. The molecule has 1 fully saturated rings. The second kappa shape index (κ2) is 6.57. The van der Waals surface area contributed by atoms with E-state index >= 15 is 0 Å². The number of hydrogen-bond donors (Lipinski definition) is 1. The summed E-state index contributed by atoms with van der Waals surface area (Å²) < 4.78 is 0. The molecule has 4 heteroatoms. The number of anilines is 1. The van der Waals surface area contributed by atoms with Crippen LogP contribution in [0.2, 0.25) is 0 Å². The standard InChI is InChI=1S/C17H22N2O2/c1-4-19(11-12(2)3)17(21)14-7-9-15(10-8-14)18-16(20)13-5-6-13/h7-10,13H,2,4-6,11H2,1,3H3,(H,18,20). The average Bonchev–Trinajstić information content (AvgIpc) is 3.29. The number of nitrogens with zero attached hydrogens (tertiary/aromatic N) is 1. The monoisotopic (exact) mass is 286 g/mol. The zero-order valence-corrected chi connectivity index (χ0v) is 12.7. The van der Waals surface area contributed by atoms with E-state index in [2.05, 4.69) is 11.9 Å². The van der Waals surface area contributed by atoms with Crippen LogP contribution in [-0.4, -0.2) is 29.8 Å². The van der Waals surface area contributed by atoms with Crippen LogP contribution >= 0.6 is 0 Å². The van der Waals surface area contributed by atoms with Gasteiger partial charge in [0, 0.05) is 30.3 Å². The Morgan fingerprint density at radius 3 is 2.38 bits per heavy atom. The van der Waals surface area contributed by atoms with Gasteiger partial charge in [-0.15, -0.1) is 0 Å². The summed E-state index contributed by atoms with van der Waals surface area (Å²) in [6, 6.07) is 7.07. The minimum atomic E-state index is -0.0134. The summed E-state index contributed by atoms with van der Waals surface area (Å²) in [5.74, 6) is 0.240. The zero-order valence-electron chi connectivity index (χ0n) is 12.7. The Bertz CT molecular complexity index is 544. The van der Waals surface area contributed by atoms with E-state index in [4.69, 9.17) is 0 Å². The highest BCUT2D eigenvalue weighted by Crippen LogP contribution is 2.30. The number of carbonyl (C=O) groups is 2. The van der Waals surface area contributed by atoms with Gasteiger partial charge in [-0.05, 0) is 51.0 Å². The molecule has 2 amide bonds. The second-order valence-corrected chi connectivity index (χ2v) is 5.62. The SMILES string of the molecule is C=C(C)CN(CC)C(=O)c1ccc(NC(=O)C2CC2)cc1. The maximum Gasteiger partial charge on any atom is 0.254 e. The van der Waals surface area contributed by atoms with E-state index in [1.165, 1.54) is 0 Å². The zero-order chi connectivity index (χ0) is 15.4. The van der Waals surface area contributed by atoms with Crippen molar-refractivity contribution < 1.29 is 9.59 Å². The molecule has 0 spiro atoms. The minimum Gasteiger partial charge on any atom is -0.335 e. The van der Waals surface area contributed by atoms with Gasteiger partial charge in [0.05, 0.1) is 0 Å². The van der Waals surface area contributed by atoms with Gasteiger partial charge in [0.2, 0.25) is 5.91 Å². The van der Waals surface area contributed by atoms with E-state index in [0.717, 1.165) is 24.1 Å². The van der Waals surface area contributed by atoms with Crippen molar-refractivity contribution in [2.24, 2.45) is 5.92 Å². The lowest BCUT2D eigenvalue weighted by Crippen LogP contribution is -2.32. The lowest BCUT2D eigenvalue weighted by molar-refractivity contribution is -0.117. The van der Waals surface area contributed by atoms with Gasteiger partial charge in [-0.25, -0.2) is 0 Å². The molecule has 1 N–H and O–H groups in total. The molecule has 1 aliphatic carbocycles. The molecule has 1 saturated carbocycles. The number of hydrogen-bond acceptors (Lipinski definition) is 2. The highest BCUT2D eigenvalue weighted by molar-refractivity contribution is 5.96. The topological polar surface area (TPSA) is 49.4 Å². The van der Waals surface area contributed by atoms with E-state index in [1.807, 2.05) is 13.8 Å². The van der Waals surface area contributed by atoms with Crippen molar-refractivity contribution in [3.8, 4) is 0 Å². The van der Waals surface area contributed by atoms with Gasteiger partial charge in [0.1, 0.15) is 0 Å². The van der Waals surface area contributed by atoms with Crippen LogP contribution in [-0.2, 0) is 4.79 Å². The summed E-state index contributed by atoms with van der Waals surface area (Å²) in [6.07, 6.45) is 1.96. The third-order valence-electron chi connectivity index (χ3n) is 3.48. The molecule has 1 aromatic carbocycles. The number of carbonyl (C=O) groups excluding carboxylic acids is 2. The third-order valence-corrected chi connectivity index (χ3v) is 3.48. The van der Waals surface area contributed by atoms with E-state index in [-0.39, 0.29) is 17.7 Å². The van der Waals surface area contributed by atoms with Crippen LogP contribution in [0, 0.1) is 5.92 Å². The molecule has 0 saturated heterocycles. The van der Waals surface area contributed by atoms with Crippen LogP contribution in [0.15, 0.2) is 36.4 Å². The van der Waals surface area contributed by atoms with Gasteiger partial charge in [0.15, 0.2) is 0 Å². The van der Waals surface area contributed by atoms with Gasteiger partial charge in [-0.3, -0.25) is 9.59 Å². The first kappa shape index (κ1) is 15.3. The maximum absolute atomic E-state index is 12.4. The van der Waals surface area contributed by atoms with Crippen molar-refractivity contribution in [2.45, 2.75) is 26.7 Å². The van der Waals surface area contributed by atoms with Crippen molar-refractivity contribution in [1.29, 1.82) is 0 Å². The predicted molar refractivity (Wildman–Crippen MR) is 84.2 cm³/mol. The maximum atomic E-state index is 12.4. The van der Waals surface area contributed by atoms with Crippen LogP contribution in [0.25, 0.3) is 0 Å². The summed E-state index contributed by atoms with van der Waals surface area (Å²) in [5.41, 5.74) is 2.33. The van der Waals surface area contributed by atoms with Crippen molar-refractivity contribution in [3.63, 3.8) is 0 Å². The van der Waals surface area contributed by atoms with Crippen LogP contribution < -0.4 is 5.32 Å². The Morgan fingerprint density at radius 1 is 1.29 bits per heavy atom. The first-order valence-corrected chi connectivity index (χ1v) is 7.36. The normalized spacial score (nSPS) is 13.6. The fourth-order valence-corrected chi connectivity index (χ4v) is 2.12. The van der Waals surface area contributed by atoms with Crippen LogP contribution in [0.3, 0.4) is 0 Å². The molecule has 0 bridgehead atoms. The van der Waals surface area contributed by atoms with Crippen LogP contribution in [0.1, 0.15) is 37.0 Å². The fourth-order valence-electron chi connectivity index (χ4n) is 2.12. The largest absolute Gasteiger partial charge is 0.335 e. The van der Waals surface area contributed by atoms with Gasteiger partial charge in [-0.2, -0.15) is 0 Å². The predicted octanol–water partition coefficient (Wildman–Crippen LogP) is 3.07. The lowest BCUT2D eigenvalue weighted by Gasteiger charge is -2.21. The summed E-state index contributed by atoms with van der Waals surface area (Å²) >= 11 is 0. The molecule has 1 aliphatic rings. The summed E-state index contributed by atoms with van der Waals surface area (Å²) in [6.45, 7) is 8.92. The van der Waals surface area contributed by atoms with E-state index in [9.17, 15) is 9.59 Å². The highest BCUT2D eigenvalue weighted by Gasteiger charge is 2.29. The molecule has 1 aromatic rings. The van der Waals surface area contributed by atoms with Crippen molar-refractivity contribution >= 4 is 17.5 Å². The van der Waals surface area contributed by atoms with Crippen molar-refractivity contribution in [1.82, 2.24) is 4.90 Å². The lowest BCUT2D eigenvalue weighted by atomic mass is 10.1. The number of amides is 2.